The fourth-order valence-electron chi connectivity index (χ4n) is 4.93. The molecule has 10 nitrogen and oxygen atoms in total. The van der Waals surface area contributed by atoms with Gasteiger partial charge in [-0.05, 0) is 37.6 Å². The van der Waals surface area contributed by atoms with Crippen molar-refractivity contribution in [3.63, 3.8) is 0 Å². The van der Waals surface area contributed by atoms with Crippen molar-refractivity contribution < 1.29 is 50.5 Å². The SMILES string of the molecule is CN1CCn2c(-c3cnn(C)c3)cnc2C12CCN(Cc1ccc(F)cc1)CC2.O=C(O)C(F)(F)F.O=C(O)C(F)(F)F. The second-order valence-electron chi connectivity index (χ2n) is 9.98. The van der Waals surface area contributed by atoms with Crippen molar-refractivity contribution in [3.8, 4) is 11.3 Å². The maximum atomic E-state index is 13.2. The molecule has 43 heavy (non-hydrogen) atoms. The summed E-state index contributed by atoms with van der Waals surface area (Å²) in [7, 11) is 4.18. The lowest BCUT2D eigenvalue weighted by Gasteiger charge is -2.49. The second kappa shape index (κ2) is 13.1. The molecule has 17 heteroatoms. The Balaban J connectivity index is 0.000000303. The van der Waals surface area contributed by atoms with Gasteiger partial charge in [0, 0.05) is 51.5 Å². The van der Waals surface area contributed by atoms with Gasteiger partial charge in [-0.25, -0.2) is 19.0 Å². The number of aryl methyl sites for hydroxylation is 1. The first-order valence-electron chi connectivity index (χ1n) is 12.8. The van der Waals surface area contributed by atoms with Crippen LogP contribution in [-0.4, -0.2) is 90.3 Å². The number of carboxylic acids is 2. The number of carbonyl (C=O) groups is 2. The smallest absolute Gasteiger partial charge is 0.475 e. The number of hydrogen-bond acceptors (Lipinski definition) is 6. The zero-order valence-corrected chi connectivity index (χ0v) is 23.0. The van der Waals surface area contributed by atoms with Crippen molar-refractivity contribution in [2.24, 2.45) is 7.05 Å². The summed E-state index contributed by atoms with van der Waals surface area (Å²) >= 11 is 0. The molecule has 0 unspecified atom stereocenters. The van der Waals surface area contributed by atoms with E-state index in [1.54, 1.807) is 12.1 Å². The first-order chi connectivity index (χ1) is 19.9. The largest absolute Gasteiger partial charge is 0.490 e. The van der Waals surface area contributed by atoms with Crippen molar-refractivity contribution in [3.05, 3.63) is 60.1 Å². The quantitative estimate of drug-likeness (QED) is 0.419. The van der Waals surface area contributed by atoms with E-state index in [1.165, 1.54) is 11.4 Å². The van der Waals surface area contributed by atoms with Gasteiger partial charge in [0.15, 0.2) is 0 Å². The minimum atomic E-state index is -5.08. The fraction of sp³-hybridized carbons (Fsp3) is 0.462. The van der Waals surface area contributed by atoms with Gasteiger partial charge in [-0.15, -0.1) is 0 Å². The predicted octanol–water partition coefficient (Wildman–Crippen LogP) is 4.13. The lowest BCUT2D eigenvalue weighted by molar-refractivity contribution is -0.193. The standard InChI is InChI=1S/C22H27FN6.2C2HF3O2/c1-26-11-12-29-20(18-13-25-27(2)16-18)14-24-21(29)22(26)7-9-28(10-8-22)15-17-3-5-19(23)6-4-17;2*3-2(4,5)1(6)7/h3-6,13-14,16H,7-12,15H2,1-2H3;2*(H,6,7). The van der Waals surface area contributed by atoms with Gasteiger partial charge in [-0.3, -0.25) is 14.5 Å². The summed E-state index contributed by atoms with van der Waals surface area (Å²) < 4.78 is 80.9. The number of likely N-dealkylation sites (N-methyl/N-ethyl adjacent to an activating group) is 1. The van der Waals surface area contributed by atoms with Crippen LogP contribution in [0, 0.1) is 5.82 Å². The van der Waals surface area contributed by atoms with E-state index in [0.29, 0.717) is 0 Å². The van der Waals surface area contributed by atoms with Crippen molar-refractivity contribution in [2.45, 2.75) is 43.8 Å². The van der Waals surface area contributed by atoms with E-state index in [1.807, 2.05) is 36.3 Å². The van der Waals surface area contributed by atoms with Crippen LogP contribution in [0.2, 0.25) is 0 Å². The number of hydrogen-bond donors (Lipinski definition) is 2. The number of halogens is 7. The first-order valence-corrected chi connectivity index (χ1v) is 12.8. The molecule has 3 aromatic rings. The van der Waals surface area contributed by atoms with Crippen molar-refractivity contribution in [1.29, 1.82) is 0 Å². The molecule has 236 valence electrons. The number of imidazole rings is 1. The zero-order chi connectivity index (χ0) is 32.2. The monoisotopic (exact) mass is 622 g/mol. The molecule has 5 rings (SSSR count). The average Bonchev–Trinajstić information content (AvgIpc) is 3.55. The maximum Gasteiger partial charge on any atom is 0.490 e. The molecule has 1 spiro atoms. The predicted molar refractivity (Wildman–Crippen MR) is 137 cm³/mol. The van der Waals surface area contributed by atoms with Gasteiger partial charge >= 0.3 is 24.3 Å². The van der Waals surface area contributed by atoms with E-state index in [4.69, 9.17) is 24.8 Å². The summed E-state index contributed by atoms with van der Waals surface area (Å²) in [6.07, 6.45) is -2.08. The molecule has 1 fully saturated rings. The summed E-state index contributed by atoms with van der Waals surface area (Å²) in [5.41, 5.74) is 3.44. The highest BCUT2D eigenvalue weighted by Gasteiger charge is 2.45. The lowest BCUT2D eigenvalue weighted by atomic mass is 9.83. The van der Waals surface area contributed by atoms with Crippen molar-refractivity contribution >= 4 is 11.9 Å². The summed E-state index contributed by atoms with van der Waals surface area (Å²) in [5.74, 6) is -4.50. The number of piperidine rings is 1. The summed E-state index contributed by atoms with van der Waals surface area (Å²) in [6, 6.07) is 6.87. The normalized spacial score (nSPS) is 16.9. The van der Waals surface area contributed by atoms with Crippen LogP contribution >= 0.6 is 0 Å². The van der Waals surface area contributed by atoms with Gasteiger partial charge in [-0.1, -0.05) is 12.1 Å². The Morgan fingerprint density at radius 1 is 0.884 bits per heavy atom. The molecule has 0 atom stereocenters. The van der Waals surface area contributed by atoms with Crippen molar-refractivity contribution in [2.75, 3.05) is 26.7 Å². The van der Waals surface area contributed by atoms with Gasteiger partial charge in [0.25, 0.3) is 0 Å². The highest BCUT2D eigenvalue weighted by molar-refractivity contribution is 5.73. The van der Waals surface area contributed by atoms with E-state index in [9.17, 15) is 30.7 Å². The molecule has 1 saturated heterocycles. The Morgan fingerprint density at radius 2 is 1.42 bits per heavy atom. The Bertz CT molecular complexity index is 1370. The highest BCUT2D eigenvalue weighted by atomic mass is 19.4. The van der Waals surface area contributed by atoms with E-state index in [0.717, 1.165) is 56.8 Å². The number of carboxylic acid groups (broad SMARTS) is 2. The Hall–Kier alpha value is -3.99. The fourth-order valence-corrected chi connectivity index (χ4v) is 4.93. The van der Waals surface area contributed by atoms with Gasteiger partial charge in [-0.2, -0.15) is 31.4 Å². The second-order valence-corrected chi connectivity index (χ2v) is 9.98. The number of aromatic nitrogens is 4. The zero-order valence-electron chi connectivity index (χ0n) is 23.0. The van der Waals surface area contributed by atoms with Crippen LogP contribution in [0.15, 0.2) is 42.9 Å². The van der Waals surface area contributed by atoms with E-state index < -0.39 is 24.3 Å². The number of aliphatic carboxylic acids is 2. The molecular formula is C26H29F7N6O4. The Labute approximate surface area is 240 Å². The molecule has 2 aliphatic rings. The third-order valence-corrected chi connectivity index (χ3v) is 7.15. The number of alkyl halides is 6. The number of rotatable bonds is 3. The Morgan fingerprint density at radius 3 is 1.88 bits per heavy atom. The third kappa shape index (κ3) is 8.31. The van der Waals surface area contributed by atoms with E-state index >= 15 is 0 Å². The minimum Gasteiger partial charge on any atom is -0.475 e. The third-order valence-electron chi connectivity index (χ3n) is 7.15. The number of fused-ring (bicyclic) bond motifs is 2. The van der Waals surface area contributed by atoms with E-state index in [2.05, 4.69) is 32.7 Å². The van der Waals surface area contributed by atoms with Crippen molar-refractivity contribution in [1.82, 2.24) is 29.1 Å². The molecule has 4 heterocycles. The summed E-state index contributed by atoms with van der Waals surface area (Å²) in [5, 5.41) is 18.6. The molecule has 0 saturated carbocycles. The molecule has 0 aliphatic carbocycles. The topological polar surface area (TPSA) is 117 Å². The average molecular weight is 623 g/mol. The van der Waals surface area contributed by atoms with Crippen LogP contribution in [0.25, 0.3) is 11.3 Å². The van der Waals surface area contributed by atoms with Gasteiger partial charge in [0.1, 0.15) is 11.6 Å². The lowest BCUT2D eigenvalue weighted by Crippen LogP contribution is -2.56. The summed E-state index contributed by atoms with van der Waals surface area (Å²) in [6.45, 7) is 4.87. The van der Waals surface area contributed by atoms with Gasteiger partial charge in [0.05, 0.1) is 23.6 Å². The summed E-state index contributed by atoms with van der Waals surface area (Å²) in [4.78, 5) is 27.7. The molecule has 0 bridgehead atoms. The highest BCUT2D eigenvalue weighted by Crippen LogP contribution is 2.41. The van der Waals surface area contributed by atoms with Gasteiger partial charge < -0.3 is 14.8 Å². The molecule has 0 amide bonds. The van der Waals surface area contributed by atoms with E-state index in [-0.39, 0.29) is 11.4 Å². The Kier molecular flexibility index (Phi) is 10.2. The number of likely N-dealkylation sites (tertiary alicyclic amines) is 1. The van der Waals surface area contributed by atoms with Crippen LogP contribution in [-0.2, 0) is 35.3 Å². The molecule has 2 N–H and O–H groups in total. The number of nitrogens with zero attached hydrogens (tertiary/aromatic N) is 6. The van der Waals surface area contributed by atoms with Crippen LogP contribution in [0.5, 0.6) is 0 Å². The van der Waals surface area contributed by atoms with Crippen LogP contribution in [0.4, 0.5) is 30.7 Å². The van der Waals surface area contributed by atoms with Gasteiger partial charge in [0.2, 0.25) is 0 Å². The first kappa shape index (κ1) is 33.5. The van der Waals surface area contributed by atoms with Crippen LogP contribution < -0.4 is 0 Å². The molecule has 1 aromatic carbocycles. The molecule has 2 aromatic heterocycles. The van der Waals surface area contributed by atoms with Crippen LogP contribution in [0.3, 0.4) is 0 Å². The molecule has 2 aliphatic heterocycles. The number of benzene rings is 1. The minimum absolute atomic E-state index is 0.0159. The molecular weight excluding hydrogens is 593 g/mol. The molecule has 0 radical (unpaired) electrons. The van der Waals surface area contributed by atoms with Crippen LogP contribution in [0.1, 0.15) is 24.2 Å². The maximum absolute atomic E-state index is 13.2.